The second-order valence-electron chi connectivity index (χ2n) is 4.82. The zero-order valence-corrected chi connectivity index (χ0v) is 10.5. The van der Waals surface area contributed by atoms with Crippen LogP contribution in [0.3, 0.4) is 0 Å². The molecule has 0 aliphatic carbocycles. The molecule has 1 saturated heterocycles. The summed E-state index contributed by atoms with van der Waals surface area (Å²) in [7, 11) is 0. The number of nitriles is 1. The second-order valence-corrected chi connectivity index (χ2v) is 4.82. The van der Waals surface area contributed by atoms with Crippen LogP contribution in [-0.2, 0) is 0 Å². The van der Waals surface area contributed by atoms with Crippen molar-refractivity contribution in [3.05, 3.63) is 22.9 Å². The molecule has 2 rings (SSSR count). The summed E-state index contributed by atoms with van der Waals surface area (Å²) in [6.07, 6.45) is 0.732. The summed E-state index contributed by atoms with van der Waals surface area (Å²) in [5, 5.41) is 19.2. The molecule has 1 aromatic rings. The fourth-order valence-electron chi connectivity index (χ4n) is 2.22. The van der Waals surface area contributed by atoms with Crippen LogP contribution in [0, 0.1) is 25.2 Å². The minimum atomic E-state index is -0.605. The average molecular weight is 231 g/mol. The average Bonchev–Trinajstić information content (AvgIpc) is 2.24. The van der Waals surface area contributed by atoms with Gasteiger partial charge in [-0.25, -0.2) is 4.98 Å². The van der Waals surface area contributed by atoms with Crippen LogP contribution < -0.4 is 4.90 Å². The Hall–Kier alpha value is -1.60. The van der Waals surface area contributed by atoms with Gasteiger partial charge in [-0.15, -0.1) is 0 Å². The Morgan fingerprint density at radius 3 is 2.71 bits per heavy atom. The van der Waals surface area contributed by atoms with Crippen LogP contribution in [0.15, 0.2) is 6.07 Å². The van der Waals surface area contributed by atoms with Gasteiger partial charge in [0.25, 0.3) is 0 Å². The highest BCUT2D eigenvalue weighted by molar-refractivity contribution is 5.60. The molecule has 0 spiro atoms. The van der Waals surface area contributed by atoms with Crippen molar-refractivity contribution in [1.29, 1.82) is 5.26 Å². The standard InChI is InChI=1S/C13H17N3O/c1-4-13(17)7-16(8-13)12-11(6-14)9(2)5-10(3)15-12/h5,17H,4,7-8H2,1-3H3. The van der Waals surface area contributed by atoms with E-state index in [0.29, 0.717) is 24.5 Å². The number of β-amino-alcohol motifs (C(OH)–C–C–N with tert-alkyl or cyclic N) is 1. The highest BCUT2D eigenvalue weighted by Gasteiger charge is 2.41. The van der Waals surface area contributed by atoms with Crippen molar-refractivity contribution < 1.29 is 5.11 Å². The van der Waals surface area contributed by atoms with E-state index < -0.39 is 5.60 Å². The number of rotatable bonds is 2. The Bertz CT molecular complexity index is 484. The zero-order valence-electron chi connectivity index (χ0n) is 10.5. The number of aromatic nitrogens is 1. The molecule has 90 valence electrons. The Labute approximate surface area is 102 Å². The summed E-state index contributed by atoms with van der Waals surface area (Å²) in [6.45, 7) is 6.94. The van der Waals surface area contributed by atoms with Crippen LogP contribution >= 0.6 is 0 Å². The number of nitrogens with zero attached hydrogens (tertiary/aromatic N) is 3. The molecule has 1 fully saturated rings. The van der Waals surface area contributed by atoms with E-state index in [-0.39, 0.29) is 0 Å². The quantitative estimate of drug-likeness (QED) is 0.838. The van der Waals surface area contributed by atoms with E-state index >= 15 is 0 Å². The van der Waals surface area contributed by atoms with E-state index in [2.05, 4.69) is 11.1 Å². The van der Waals surface area contributed by atoms with Gasteiger partial charge in [0.05, 0.1) is 24.3 Å². The number of hydrogen-bond donors (Lipinski definition) is 1. The van der Waals surface area contributed by atoms with Crippen molar-refractivity contribution in [1.82, 2.24) is 4.98 Å². The van der Waals surface area contributed by atoms with Crippen molar-refractivity contribution in [2.45, 2.75) is 32.8 Å². The summed E-state index contributed by atoms with van der Waals surface area (Å²) in [5.74, 6) is 0.711. The molecule has 1 aliphatic rings. The van der Waals surface area contributed by atoms with Gasteiger partial charge in [-0.2, -0.15) is 5.26 Å². The topological polar surface area (TPSA) is 60.1 Å². The second kappa shape index (κ2) is 4.01. The van der Waals surface area contributed by atoms with Crippen LogP contribution in [0.25, 0.3) is 0 Å². The first-order valence-corrected chi connectivity index (χ1v) is 5.85. The zero-order chi connectivity index (χ0) is 12.6. The fourth-order valence-corrected chi connectivity index (χ4v) is 2.22. The molecule has 17 heavy (non-hydrogen) atoms. The predicted octanol–water partition coefficient (Wildman–Crippen LogP) is 1.53. The molecule has 0 atom stereocenters. The molecular weight excluding hydrogens is 214 g/mol. The van der Waals surface area contributed by atoms with E-state index in [1.807, 2.05) is 31.7 Å². The van der Waals surface area contributed by atoms with Gasteiger partial charge in [-0.3, -0.25) is 0 Å². The van der Waals surface area contributed by atoms with Crippen LogP contribution in [0.5, 0.6) is 0 Å². The molecule has 1 aliphatic heterocycles. The van der Waals surface area contributed by atoms with Crippen LogP contribution in [0.1, 0.15) is 30.2 Å². The van der Waals surface area contributed by atoms with Crippen molar-refractivity contribution in [3.8, 4) is 6.07 Å². The first kappa shape index (κ1) is 11.9. The molecule has 0 saturated carbocycles. The molecule has 0 radical (unpaired) electrons. The lowest BCUT2D eigenvalue weighted by atomic mass is 9.90. The van der Waals surface area contributed by atoms with Gasteiger partial charge in [0.1, 0.15) is 11.9 Å². The van der Waals surface area contributed by atoms with E-state index in [4.69, 9.17) is 5.26 Å². The van der Waals surface area contributed by atoms with Gasteiger partial charge in [-0.1, -0.05) is 6.92 Å². The summed E-state index contributed by atoms with van der Waals surface area (Å²) < 4.78 is 0. The van der Waals surface area contributed by atoms with Gasteiger partial charge in [-0.05, 0) is 31.9 Å². The highest BCUT2D eigenvalue weighted by Crippen LogP contribution is 2.31. The summed E-state index contributed by atoms with van der Waals surface area (Å²) >= 11 is 0. The lowest BCUT2D eigenvalue weighted by Gasteiger charge is -2.47. The predicted molar refractivity (Wildman–Crippen MR) is 65.9 cm³/mol. The molecular formula is C13H17N3O. The maximum Gasteiger partial charge on any atom is 0.147 e. The molecule has 2 heterocycles. The van der Waals surface area contributed by atoms with Gasteiger partial charge < -0.3 is 10.0 Å². The third-order valence-corrected chi connectivity index (χ3v) is 3.37. The van der Waals surface area contributed by atoms with Crippen molar-refractivity contribution in [3.63, 3.8) is 0 Å². The van der Waals surface area contributed by atoms with Crippen LogP contribution in [-0.4, -0.2) is 28.8 Å². The van der Waals surface area contributed by atoms with E-state index in [0.717, 1.165) is 17.7 Å². The fraction of sp³-hybridized carbons (Fsp3) is 0.538. The minimum Gasteiger partial charge on any atom is -0.386 e. The summed E-state index contributed by atoms with van der Waals surface area (Å²) in [6, 6.07) is 4.11. The first-order valence-electron chi connectivity index (χ1n) is 5.85. The number of pyridine rings is 1. The lowest BCUT2D eigenvalue weighted by Crippen LogP contribution is -2.62. The SMILES string of the molecule is CCC1(O)CN(c2nc(C)cc(C)c2C#N)C1. The van der Waals surface area contributed by atoms with E-state index in [9.17, 15) is 5.11 Å². The van der Waals surface area contributed by atoms with Crippen molar-refractivity contribution in [2.75, 3.05) is 18.0 Å². The number of anilines is 1. The Morgan fingerprint density at radius 2 is 2.18 bits per heavy atom. The molecule has 4 nitrogen and oxygen atoms in total. The number of aryl methyl sites for hydroxylation is 2. The number of aliphatic hydroxyl groups is 1. The van der Waals surface area contributed by atoms with Crippen LogP contribution in [0.2, 0.25) is 0 Å². The lowest BCUT2D eigenvalue weighted by molar-refractivity contribution is 0.00801. The van der Waals surface area contributed by atoms with Gasteiger partial charge in [0.15, 0.2) is 0 Å². The third kappa shape index (κ3) is 1.98. The van der Waals surface area contributed by atoms with Crippen molar-refractivity contribution in [2.24, 2.45) is 0 Å². The molecule has 0 bridgehead atoms. The van der Waals surface area contributed by atoms with Gasteiger partial charge in [0.2, 0.25) is 0 Å². The Balaban J connectivity index is 2.32. The molecule has 4 heteroatoms. The maximum absolute atomic E-state index is 10.0. The largest absolute Gasteiger partial charge is 0.386 e. The molecule has 0 amide bonds. The summed E-state index contributed by atoms with van der Waals surface area (Å²) in [5.41, 5.74) is 1.87. The summed E-state index contributed by atoms with van der Waals surface area (Å²) in [4.78, 5) is 6.39. The van der Waals surface area contributed by atoms with Crippen molar-refractivity contribution >= 4 is 5.82 Å². The Morgan fingerprint density at radius 1 is 1.53 bits per heavy atom. The minimum absolute atomic E-state index is 0.564. The number of hydrogen-bond acceptors (Lipinski definition) is 4. The first-order chi connectivity index (χ1) is 7.99. The monoisotopic (exact) mass is 231 g/mol. The van der Waals surface area contributed by atoms with Gasteiger partial charge >= 0.3 is 0 Å². The third-order valence-electron chi connectivity index (χ3n) is 3.37. The molecule has 1 aromatic heterocycles. The van der Waals surface area contributed by atoms with E-state index in [1.54, 1.807) is 0 Å². The smallest absolute Gasteiger partial charge is 0.147 e. The highest BCUT2D eigenvalue weighted by atomic mass is 16.3. The normalized spacial score (nSPS) is 17.5. The Kier molecular flexibility index (Phi) is 2.80. The maximum atomic E-state index is 10.0. The molecule has 0 aromatic carbocycles. The molecule has 1 N–H and O–H groups in total. The van der Waals surface area contributed by atoms with Gasteiger partial charge in [0, 0.05) is 5.69 Å². The van der Waals surface area contributed by atoms with E-state index in [1.165, 1.54) is 0 Å². The van der Waals surface area contributed by atoms with Crippen LogP contribution in [0.4, 0.5) is 5.82 Å². The molecule has 0 unspecified atom stereocenters.